The number of para-hydroxylation sites is 2. The van der Waals surface area contributed by atoms with E-state index in [1.54, 1.807) is 81.8 Å². The van der Waals surface area contributed by atoms with Crippen molar-refractivity contribution >= 4 is 33.2 Å². The molecule has 0 aliphatic heterocycles. The summed E-state index contributed by atoms with van der Waals surface area (Å²) < 4.78 is 37.0. The number of carbonyl (C=O) groups excluding carboxylic acids is 2. The Morgan fingerprint density at radius 1 is 0.921 bits per heavy atom. The Bertz CT molecular complexity index is 1360. The highest BCUT2D eigenvalue weighted by Crippen LogP contribution is 2.28. The number of nitrogens with one attached hydrogen (secondary N) is 2. The summed E-state index contributed by atoms with van der Waals surface area (Å²) >= 11 is 0. The minimum absolute atomic E-state index is 0.230. The van der Waals surface area contributed by atoms with Crippen LogP contribution in [0.25, 0.3) is 0 Å². The van der Waals surface area contributed by atoms with Crippen LogP contribution in [0.15, 0.2) is 72.8 Å². The van der Waals surface area contributed by atoms with Crippen molar-refractivity contribution in [1.29, 1.82) is 0 Å². The number of rotatable bonds is 12. The molecular weight excluding hydrogens is 506 g/mol. The number of hydrogen-bond donors (Lipinski definition) is 2. The molecule has 2 N–H and O–H groups in total. The first-order valence-corrected chi connectivity index (χ1v) is 14.0. The number of nitrogens with zero attached hydrogens (tertiary/aromatic N) is 1. The number of benzene rings is 3. The van der Waals surface area contributed by atoms with Gasteiger partial charge in [-0.25, -0.2) is 8.42 Å². The molecule has 10 heteroatoms. The van der Waals surface area contributed by atoms with Crippen LogP contribution in [0.1, 0.15) is 29.3 Å². The summed E-state index contributed by atoms with van der Waals surface area (Å²) in [7, 11) is -0.636. The standard InChI is InChI=1S/C28H33N3O6S/c1-5-24(31(38(4,34)35)21-11-7-6-8-12-21)28(33)30-23-14-10-9-13-22(23)27(32)29-18-17-20-15-16-25(36-2)26(19-20)37-3/h6-16,19,24H,5,17-18H2,1-4H3,(H,29,32)(H,30,33). The Kier molecular flexibility index (Phi) is 9.72. The third-order valence-electron chi connectivity index (χ3n) is 5.92. The first-order valence-electron chi connectivity index (χ1n) is 12.1. The van der Waals surface area contributed by atoms with Gasteiger partial charge >= 0.3 is 0 Å². The maximum atomic E-state index is 13.3. The van der Waals surface area contributed by atoms with Crippen molar-refractivity contribution in [2.24, 2.45) is 0 Å². The fraction of sp³-hybridized carbons (Fsp3) is 0.286. The number of hydrogen-bond acceptors (Lipinski definition) is 6. The quantitative estimate of drug-likeness (QED) is 0.361. The van der Waals surface area contributed by atoms with E-state index in [2.05, 4.69) is 10.6 Å². The second-order valence-corrected chi connectivity index (χ2v) is 10.4. The van der Waals surface area contributed by atoms with Gasteiger partial charge in [-0.15, -0.1) is 0 Å². The fourth-order valence-corrected chi connectivity index (χ4v) is 5.30. The maximum Gasteiger partial charge on any atom is 0.253 e. The van der Waals surface area contributed by atoms with Crippen LogP contribution in [0, 0.1) is 0 Å². The zero-order chi connectivity index (χ0) is 27.7. The number of sulfonamides is 1. The molecule has 0 aromatic heterocycles. The van der Waals surface area contributed by atoms with Gasteiger partial charge in [-0.2, -0.15) is 0 Å². The van der Waals surface area contributed by atoms with E-state index in [9.17, 15) is 18.0 Å². The van der Waals surface area contributed by atoms with Crippen molar-refractivity contribution < 1.29 is 27.5 Å². The summed E-state index contributed by atoms with van der Waals surface area (Å²) in [4.78, 5) is 26.3. The maximum absolute atomic E-state index is 13.3. The highest BCUT2D eigenvalue weighted by molar-refractivity contribution is 7.92. The monoisotopic (exact) mass is 539 g/mol. The highest BCUT2D eigenvalue weighted by Gasteiger charge is 2.32. The average Bonchev–Trinajstić information content (AvgIpc) is 2.91. The van der Waals surface area contributed by atoms with E-state index >= 15 is 0 Å². The third kappa shape index (κ3) is 7.04. The summed E-state index contributed by atoms with van der Waals surface area (Å²) in [6.45, 7) is 2.09. The van der Waals surface area contributed by atoms with Gasteiger partial charge in [0.05, 0.1) is 37.4 Å². The van der Waals surface area contributed by atoms with Crippen molar-refractivity contribution in [2.75, 3.05) is 36.6 Å². The minimum Gasteiger partial charge on any atom is -0.493 e. The number of carbonyl (C=O) groups is 2. The van der Waals surface area contributed by atoms with Crippen molar-refractivity contribution in [1.82, 2.24) is 5.32 Å². The number of ether oxygens (including phenoxy) is 2. The Morgan fingerprint density at radius 2 is 1.58 bits per heavy atom. The lowest BCUT2D eigenvalue weighted by atomic mass is 10.1. The van der Waals surface area contributed by atoms with E-state index in [1.165, 1.54) is 0 Å². The second-order valence-electron chi connectivity index (χ2n) is 8.55. The van der Waals surface area contributed by atoms with Crippen LogP contribution in [-0.4, -0.2) is 53.3 Å². The van der Waals surface area contributed by atoms with Crippen molar-refractivity contribution in [3.05, 3.63) is 83.9 Å². The lowest BCUT2D eigenvalue weighted by Gasteiger charge is -2.30. The Hall–Kier alpha value is -4.05. The topological polar surface area (TPSA) is 114 Å². The number of methoxy groups -OCH3 is 2. The molecule has 0 heterocycles. The molecule has 38 heavy (non-hydrogen) atoms. The van der Waals surface area contributed by atoms with Crippen LogP contribution in [0.2, 0.25) is 0 Å². The average molecular weight is 540 g/mol. The normalized spacial score (nSPS) is 11.8. The largest absolute Gasteiger partial charge is 0.493 e. The summed E-state index contributed by atoms with van der Waals surface area (Å²) in [5.41, 5.74) is 1.91. The van der Waals surface area contributed by atoms with Gasteiger partial charge in [0.1, 0.15) is 6.04 Å². The van der Waals surface area contributed by atoms with E-state index in [0.29, 0.717) is 35.8 Å². The molecule has 3 rings (SSSR count). The molecule has 9 nitrogen and oxygen atoms in total. The molecule has 2 amide bonds. The summed E-state index contributed by atoms with van der Waals surface area (Å²) in [6, 6.07) is 19.6. The predicted molar refractivity (Wildman–Crippen MR) is 148 cm³/mol. The van der Waals surface area contributed by atoms with Gasteiger partial charge in [-0.05, 0) is 54.8 Å². The Labute approximate surface area is 223 Å². The van der Waals surface area contributed by atoms with E-state index in [1.807, 2.05) is 12.1 Å². The molecule has 0 bridgehead atoms. The van der Waals surface area contributed by atoms with Crippen molar-refractivity contribution in [3.8, 4) is 11.5 Å². The molecule has 1 atom stereocenters. The van der Waals surface area contributed by atoms with Gasteiger partial charge in [-0.1, -0.05) is 43.3 Å². The van der Waals surface area contributed by atoms with E-state index in [4.69, 9.17) is 9.47 Å². The third-order valence-corrected chi connectivity index (χ3v) is 7.10. The first-order chi connectivity index (χ1) is 18.2. The molecule has 0 saturated heterocycles. The van der Waals surface area contributed by atoms with Gasteiger partial charge in [0, 0.05) is 6.54 Å². The van der Waals surface area contributed by atoms with Crippen LogP contribution in [-0.2, 0) is 21.2 Å². The molecule has 0 fully saturated rings. The number of anilines is 2. The van der Waals surface area contributed by atoms with Gasteiger partial charge in [0.25, 0.3) is 5.91 Å². The van der Waals surface area contributed by atoms with Gasteiger partial charge in [-0.3, -0.25) is 13.9 Å². The van der Waals surface area contributed by atoms with E-state index in [0.717, 1.165) is 16.1 Å². The number of amides is 2. The van der Waals surface area contributed by atoms with Gasteiger partial charge in [0.2, 0.25) is 15.9 Å². The van der Waals surface area contributed by atoms with Gasteiger partial charge < -0.3 is 20.1 Å². The van der Waals surface area contributed by atoms with Crippen molar-refractivity contribution in [3.63, 3.8) is 0 Å². The van der Waals surface area contributed by atoms with Crippen molar-refractivity contribution in [2.45, 2.75) is 25.8 Å². The van der Waals surface area contributed by atoms with Crippen LogP contribution in [0.5, 0.6) is 11.5 Å². The smallest absolute Gasteiger partial charge is 0.253 e. The van der Waals surface area contributed by atoms with Crippen LogP contribution in [0.4, 0.5) is 11.4 Å². The lowest BCUT2D eigenvalue weighted by Crippen LogP contribution is -2.47. The molecule has 1 unspecified atom stereocenters. The SMILES string of the molecule is CCC(C(=O)Nc1ccccc1C(=O)NCCc1ccc(OC)c(OC)c1)N(c1ccccc1)S(C)(=O)=O. The molecule has 0 aliphatic rings. The molecule has 0 saturated carbocycles. The Morgan fingerprint density at radius 3 is 2.21 bits per heavy atom. The second kappa shape index (κ2) is 13.0. The Balaban J connectivity index is 1.73. The van der Waals surface area contributed by atoms with E-state index in [-0.39, 0.29) is 17.9 Å². The van der Waals surface area contributed by atoms with Crippen LogP contribution in [0.3, 0.4) is 0 Å². The zero-order valence-corrected chi connectivity index (χ0v) is 22.7. The first kappa shape index (κ1) is 28.5. The molecule has 3 aromatic rings. The predicted octanol–water partition coefficient (Wildman–Crippen LogP) is 3.86. The lowest BCUT2D eigenvalue weighted by molar-refractivity contribution is -0.117. The molecular formula is C28H33N3O6S. The van der Waals surface area contributed by atoms with Crippen LogP contribution >= 0.6 is 0 Å². The molecule has 0 spiro atoms. The van der Waals surface area contributed by atoms with Crippen LogP contribution < -0.4 is 24.4 Å². The molecule has 3 aromatic carbocycles. The van der Waals surface area contributed by atoms with E-state index < -0.39 is 22.0 Å². The molecule has 202 valence electrons. The van der Waals surface area contributed by atoms with Gasteiger partial charge in [0.15, 0.2) is 11.5 Å². The summed E-state index contributed by atoms with van der Waals surface area (Å²) in [5.74, 6) is 0.329. The molecule has 0 radical (unpaired) electrons. The zero-order valence-electron chi connectivity index (χ0n) is 21.9. The fourth-order valence-electron chi connectivity index (χ4n) is 4.09. The summed E-state index contributed by atoms with van der Waals surface area (Å²) in [5, 5.41) is 5.64. The highest BCUT2D eigenvalue weighted by atomic mass is 32.2. The minimum atomic E-state index is -3.76. The summed E-state index contributed by atoms with van der Waals surface area (Å²) in [6.07, 6.45) is 1.85. The molecule has 0 aliphatic carbocycles.